The van der Waals surface area contributed by atoms with Crippen molar-refractivity contribution in [2.75, 3.05) is 25.0 Å². The fourth-order valence-corrected chi connectivity index (χ4v) is 5.64. The minimum absolute atomic E-state index is 0.0402. The topological polar surface area (TPSA) is 79.0 Å². The lowest BCUT2D eigenvalue weighted by Crippen LogP contribution is -2.43. The van der Waals surface area contributed by atoms with Crippen molar-refractivity contribution < 1.29 is 17.9 Å². The van der Waals surface area contributed by atoms with E-state index < -0.39 is 23.3 Å². The minimum Gasteiger partial charge on any atom is -0.461 e. The summed E-state index contributed by atoms with van der Waals surface area (Å²) in [5.74, 6) is -1.35. The molecule has 2 N–H and O–H groups in total. The van der Waals surface area contributed by atoms with E-state index in [4.69, 9.17) is 4.74 Å². The van der Waals surface area contributed by atoms with Gasteiger partial charge in [-0.2, -0.15) is 9.97 Å². The second kappa shape index (κ2) is 8.63. The third-order valence-corrected chi connectivity index (χ3v) is 7.75. The molecule has 2 atom stereocenters. The van der Waals surface area contributed by atoms with Crippen LogP contribution in [-0.2, 0) is 6.54 Å². The molecule has 182 valence electrons. The van der Waals surface area contributed by atoms with E-state index in [1.165, 1.54) is 6.07 Å². The van der Waals surface area contributed by atoms with E-state index >= 15 is 4.39 Å². The zero-order valence-corrected chi connectivity index (χ0v) is 20.2. The average molecular weight is 547 g/mol. The predicted molar refractivity (Wildman–Crippen MR) is 129 cm³/mol. The van der Waals surface area contributed by atoms with Crippen LogP contribution in [0.1, 0.15) is 24.8 Å². The molecule has 0 aliphatic carbocycles. The monoisotopic (exact) mass is 546 g/mol. The molecule has 0 radical (unpaired) electrons. The summed E-state index contributed by atoms with van der Waals surface area (Å²) in [6, 6.07) is 4.92. The first kappa shape index (κ1) is 22.5. The van der Waals surface area contributed by atoms with Gasteiger partial charge in [0.25, 0.3) is 0 Å². The molecule has 2 saturated heterocycles. The van der Waals surface area contributed by atoms with E-state index in [0.29, 0.717) is 19.5 Å². The van der Waals surface area contributed by atoms with Gasteiger partial charge >= 0.3 is 6.01 Å². The highest BCUT2D eigenvalue weighted by Crippen LogP contribution is 2.40. The van der Waals surface area contributed by atoms with Crippen LogP contribution in [0.5, 0.6) is 6.01 Å². The third-order valence-electron chi connectivity index (χ3n) is 7.02. The molecule has 0 bridgehead atoms. The summed E-state index contributed by atoms with van der Waals surface area (Å²) in [6.45, 7) is 1.76. The lowest BCUT2D eigenvalue weighted by Gasteiger charge is -2.30. The van der Waals surface area contributed by atoms with E-state index in [-0.39, 0.29) is 33.8 Å². The quantitative estimate of drug-likeness (QED) is 0.327. The number of ether oxygens (including phenoxy) is 1. The number of halogens is 4. The number of pyridine rings is 1. The van der Waals surface area contributed by atoms with Gasteiger partial charge in [-0.25, -0.2) is 18.2 Å². The Morgan fingerprint density at radius 2 is 2.17 bits per heavy atom. The summed E-state index contributed by atoms with van der Waals surface area (Å²) in [7, 11) is 0. The molecular formula is C24H22BrF3N6O. The van der Waals surface area contributed by atoms with Crippen molar-refractivity contribution in [1.29, 1.82) is 0 Å². The number of nitrogens with one attached hydrogen (secondary N) is 2. The van der Waals surface area contributed by atoms with E-state index in [1.54, 1.807) is 6.20 Å². The van der Waals surface area contributed by atoms with Crippen LogP contribution in [0.3, 0.4) is 0 Å². The summed E-state index contributed by atoms with van der Waals surface area (Å²) < 4.78 is 49.2. The molecule has 0 spiro atoms. The molecule has 3 aromatic heterocycles. The van der Waals surface area contributed by atoms with Gasteiger partial charge in [-0.1, -0.05) is 0 Å². The van der Waals surface area contributed by atoms with Crippen LogP contribution < -0.4 is 10.1 Å². The molecule has 0 saturated carbocycles. The zero-order valence-electron chi connectivity index (χ0n) is 18.6. The first-order valence-electron chi connectivity index (χ1n) is 11.5. The van der Waals surface area contributed by atoms with Gasteiger partial charge < -0.3 is 15.0 Å². The summed E-state index contributed by atoms with van der Waals surface area (Å²) in [5, 5.41) is 4.30. The molecule has 1 aromatic carbocycles. The predicted octanol–water partition coefficient (Wildman–Crippen LogP) is 5.11. The third kappa shape index (κ3) is 3.90. The van der Waals surface area contributed by atoms with Crippen LogP contribution in [0.2, 0.25) is 0 Å². The molecule has 2 fully saturated rings. The second-order valence-corrected chi connectivity index (χ2v) is 9.96. The number of rotatable bonds is 6. The van der Waals surface area contributed by atoms with E-state index in [2.05, 4.69) is 46.1 Å². The largest absolute Gasteiger partial charge is 0.461 e. The Balaban J connectivity index is 1.34. The Bertz CT molecular complexity index is 1430. The van der Waals surface area contributed by atoms with E-state index in [1.807, 2.05) is 18.3 Å². The minimum atomic E-state index is -0.893. The molecule has 5 heterocycles. The number of aromatic nitrogens is 4. The van der Waals surface area contributed by atoms with Crippen molar-refractivity contribution in [3.63, 3.8) is 0 Å². The fraction of sp³-hybridized carbons (Fsp3) is 0.375. The Hall–Kier alpha value is -2.92. The lowest BCUT2D eigenvalue weighted by molar-refractivity contribution is 0.107. The maximum Gasteiger partial charge on any atom is 0.319 e. The molecule has 35 heavy (non-hydrogen) atoms. The maximum absolute atomic E-state index is 15.0. The SMILES string of the molecule is Fc1cc2c(NCc3c[nH]c4ncccc34)nc(OC[C@@]34CCCN3C[C@H](F)C4)nc2c(F)c1Br. The Labute approximate surface area is 207 Å². The summed E-state index contributed by atoms with van der Waals surface area (Å²) in [6.07, 6.45) is 4.82. The Kier molecular flexibility index (Phi) is 5.56. The normalized spacial score (nSPS) is 22.2. The number of H-pyrrole nitrogens is 1. The number of anilines is 1. The number of alkyl halides is 1. The van der Waals surface area contributed by atoms with Crippen molar-refractivity contribution in [1.82, 2.24) is 24.8 Å². The van der Waals surface area contributed by atoms with Crippen molar-refractivity contribution in [3.05, 3.63) is 52.3 Å². The van der Waals surface area contributed by atoms with Crippen molar-refractivity contribution in [3.8, 4) is 6.01 Å². The van der Waals surface area contributed by atoms with Gasteiger partial charge in [0.2, 0.25) is 0 Å². The van der Waals surface area contributed by atoms with Crippen LogP contribution in [-0.4, -0.2) is 56.2 Å². The number of hydrogen-bond donors (Lipinski definition) is 2. The fourth-order valence-electron chi connectivity index (χ4n) is 5.34. The van der Waals surface area contributed by atoms with Gasteiger partial charge in [0.05, 0.1) is 10.0 Å². The standard InChI is InChI=1S/C24H22BrF3N6O/c25-18-17(27)7-16-20(19(18)28)32-23(35-12-24-4-2-6-34(24)11-14(26)8-24)33-22(16)31-10-13-9-30-21-15(13)3-1-5-29-21/h1,3,5,7,9,14H,2,4,6,8,10-12H2,(H,29,30)(H,31,32,33)/t14-,24+/m1/s1. The van der Waals surface area contributed by atoms with Gasteiger partial charge in [0.1, 0.15) is 35.6 Å². The highest BCUT2D eigenvalue weighted by Gasteiger charge is 2.49. The molecule has 0 amide bonds. The Morgan fingerprint density at radius 3 is 3.06 bits per heavy atom. The molecule has 6 rings (SSSR count). The summed E-state index contributed by atoms with van der Waals surface area (Å²) in [4.78, 5) is 18.2. The molecule has 2 aliphatic rings. The first-order valence-corrected chi connectivity index (χ1v) is 12.2. The molecule has 2 aliphatic heterocycles. The highest BCUT2D eigenvalue weighted by atomic mass is 79.9. The maximum atomic E-state index is 15.0. The van der Waals surface area contributed by atoms with Gasteiger partial charge in [0.15, 0.2) is 5.82 Å². The van der Waals surface area contributed by atoms with E-state index in [9.17, 15) is 8.78 Å². The summed E-state index contributed by atoms with van der Waals surface area (Å²) in [5.41, 5.74) is 1.19. The molecular weight excluding hydrogens is 525 g/mol. The van der Waals surface area contributed by atoms with Gasteiger partial charge in [-0.15, -0.1) is 0 Å². The summed E-state index contributed by atoms with van der Waals surface area (Å²) >= 11 is 2.95. The zero-order chi connectivity index (χ0) is 24.2. The van der Waals surface area contributed by atoms with E-state index in [0.717, 1.165) is 36.0 Å². The molecule has 11 heteroatoms. The molecule has 4 aromatic rings. The number of benzene rings is 1. The molecule has 0 unspecified atom stereocenters. The van der Waals surface area contributed by atoms with Crippen LogP contribution in [0.4, 0.5) is 19.0 Å². The van der Waals surface area contributed by atoms with Crippen molar-refractivity contribution in [2.24, 2.45) is 0 Å². The average Bonchev–Trinajstić information content (AvgIpc) is 3.52. The second-order valence-electron chi connectivity index (χ2n) is 9.17. The Morgan fingerprint density at radius 1 is 1.29 bits per heavy atom. The van der Waals surface area contributed by atoms with Crippen LogP contribution >= 0.6 is 15.9 Å². The number of aromatic amines is 1. The van der Waals surface area contributed by atoms with Gasteiger partial charge in [-0.05, 0) is 59.1 Å². The van der Waals surface area contributed by atoms with Gasteiger partial charge in [-0.3, -0.25) is 4.90 Å². The van der Waals surface area contributed by atoms with Crippen LogP contribution in [0, 0.1) is 11.6 Å². The smallest absolute Gasteiger partial charge is 0.319 e. The van der Waals surface area contributed by atoms with Crippen molar-refractivity contribution in [2.45, 2.75) is 37.5 Å². The van der Waals surface area contributed by atoms with Crippen LogP contribution in [0.25, 0.3) is 21.9 Å². The number of fused-ring (bicyclic) bond motifs is 3. The van der Waals surface area contributed by atoms with Crippen LogP contribution in [0.15, 0.2) is 35.1 Å². The highest BCUT2D eigenvalue weighted by molar-refractivity contribution is 9.10. The van der Waals surface area contributed by atoms with Gasteiger partial charge in [0, 0.05) is 42.7 Å². The van der Waals surface area contributed by atoms with Crippen molar-refractivity contribution >= 4 is 43.7 Å². The molecule has 7 nitrogen and oxygen atoms in total. The lowest BCUT2D eigenvalue weighted by atomic mass is 9.95. The first-order chi connectivity index (χ1) is 16.9. The number of hydrogen-bond acceptors (Lipinski definition) is 6. The number of nitrogens with zero attached hydrogens (tertiary/aromatic N) is 4.